The van der Waals surface area contributed by atoms with Gasteiger partial charge in [-0.3, -0.25) is 9.59 Å². The second kappa shape index (κ2) is 6.18. The summed E-state index contributed by atoms with van der Waals surface area (Å²) in [6.07, 6.45) is 0. The molecule has 1 atom stereocenters. The quantitative estimate of drug-likeness (QED) is 0.695. The van der Waals surface area contributed by atoms with Crippen molar-refractivity contribution in [1.29, 1.82) is 0 Å². The standard InChI is InChI=1S/C15H11Cl2NO2/c16-10-6-7-11(12(17)8-10)15(20)13(18)14(19)9-4-2-1-3-5-9/h1-8,13H,18H2. The lowest BCUT2D eigenvalue weighted by Crippen LogP contribution is -2.38. The Morgan fingerprint density at radius 1 is 0.950 bits per heavy atom. The monoisotopic (exact) mass is 307 g/mol. The molecule has 0 saturated carbocycles. The van der Waals surface area contributed by atoms with Crippen molar-refractivity contribution in [3.63, 3.8) is 0 Å². The number of hydrogen-bond acceptors (Lipinski definition) is 3. The third-order valence-corrected chi connectivity index (χ3v) is 3.37. The van der Waals surface area contributed by atoms with Crippen LogP contribution in [0.4, 0.5) is 0 Å². The highest BCUT2D eigenvalue weighted by Gasteiger charge is 2.25. The maximum atomic E-state index is 12.2. The fourth-order valence-electron chi connectivity index (χ4n) is 1.76. The van der Waals surface area contributed by atoms with Gasteiger partial charge >= 0.3 is 0 Å². The molecule has 102 valence electrons. The molecule has 0 aliphatic carbocycles. The van der Waals surface area contributed by atoms with E-state index in [9.17, 15) is 9.59 Å². The molecule has 2 aromatic carbocycles. The number of nitrogens with two attached hydrogens (primary N) is 1. The average molecular weight is 308 g/mol. The Hall–Kier alpha value is -1.68. The normalized spacial score (nSPS) is 11.9. The SMILES string of the molecule is NC(C(=O)c1ccccc1)C(=O)c1ccc(Cl)cc1Cl. The number of hydrogen-bond donors (Lipinski definition) is 1. The Morgan fingerprint density at radius 3 is 2.20 bits per heavy atom. The zero-order valence-electron chi connectivity index (χ0n) is 10.3. The molecular formula is C15H11Cl2NO2. The Bertz CT molecular complexity index is 656. The van der Waals surface area contributed by atoms with Crippen molar-refractivity contribution >= 4 is 34.8 Å². The molecule has 1 unspecified atom stereocenters. The van der Waals surface area contributed by atoms with Gasteiger partial charge in [0.15, 0.2) is 11.6 Å². The van der Waals surface area contributed by atoms with Gasteiger partial charge in [-0.15, -0.1) is 0 Å². The second-order valence-corrected chi connectivity index (χ2v) is 5.04. The molecule has 0 radical (unpaired) electrons. The fourth-order valence-corrected chi connectivity index (χ4v) is 2.26. The van der Waals surface area contributed by atoms with Crippen LogP contribution in [0.5, 0.6) is 0 Å². The molecule has 0 amide bonds. The van der Waals surface area contributed by atoms with Gasteiger partial charge in [0.25, 0.3) is 0 Å². The van der Waals surface area contributed by atoms with Crippen molar-refractivity contribution in [3.8, 4) is 0 Å². The lowest BCUT2D eigenvalue weighted by molar-refractivity contribution is 0.0863. The van der Waals surface area contributed by atoms with Crippen LogP contribution in [-0.2, 0) is 0 Å². The van der Waals surface area contributed by atoms with E-state index in [0.717, 1.165) is 0 Å². The number of carbonyl (C=O) groups is 2. The van der Waals surface area contributed by atoms with Crippen LogP contribution in [0.15, 0.2) is 48.5 Å². The Morgan fingerprint density at radius 2 is 1.60 bits per heavy atom. The van der Waals surface area contributed by atoms with E-state index >= 15 is 0 Å². The number of benzene rings is 2. The first kappa shape index (κ1) is 14.7. The third-order valence-electron chi connectivity index (χ3n) is 2.82. The summed E-state index contributed by atoms with van der Waals surface area (Å²) in [5.41, 5.74) is 6.32. The molecule has 0 saturated heterocycles. The maximum absolute atomic E-state index is 12.2. The lowest BCUT2D eigenvalue weighted by atomic mass is 9.97. The number of rotatable bonds is 4. The summed E-state index contributed by atoms with van der Waals surface area (Å²) in [5, 5.41) is 0.591. The first-order chi connectivity index (χ1) is 9.50. The van der Waals surface area contributed by atoms with Gasteiger partial charge < -0.3 is 5.73 Å². The smallest absolute Gasteiger partial charge is 0.188 e. The Balaban J connectivity index is 2.27. The third kappa shape index (κ3) is 3.07. The summed E-state index contributed by atoms with van der Waals surface area (Å²) in [7, 11) is 0. The van der Waals surface area contributed by atoms with E-state index in [0.29, 0.717) is 10.6 Å². The topological polar surface area (TPSA) is 60.2 Å². The Labute approximate surface area is 126 Å². The van der Waals surface area contributed by atoms with Crippen LogP contribution in [0.25, 0.3) is 0 Å². The molecule has 0 fully saturated rings. The highest BCUT2D eigenvalue weighted by atomic mass is 35.5. The van der Waals surface area contributed by atoms with Gasteiger partial charge in [-0.1, -0.05) is 53.5 Å². The minimum Gasteiger partial charge on any atom is -0.315 e. The van der Waals surface area contributed by atoms with E-state index in [-0.39, 0.29) is 10.6 Å². The molecule has 2 N–H and O–H groups in total. The molecular weight excluding hydrogens is 297 g/mol. The van der Waals surface area contributed by atoms with Crippen molar-refractivity contribution < 1.29 is 9.59 Å². The zero-order valence-corrected chi connectivity index (χ0v) is 11.9. The number of halogens is 2. The van der Waals surface area contributed by atoms with E-state index in [2.05, 4.69) is 0 Å². The molecule has 3 nitrogen and oxygen atoms in total. The predicted octanol–water partition coefficient (Wildman–Crippen LogP) is 3.39. The molecule has 0 aliphatic heterocycles. The van der Waals surface area contributed by atoms with E-state index in [1.807, 2.05) is 0 Å². The number of carbonyl (C=O) groups excluding carboxylic acids is 2. The minimum absolute atomic E-state index is 0.179. The van der Waals surface area contributed by atoms with Crippen LogP contribution in [0, 0.1) is 0 Å². The summed E-state index contributed by atoms with van der Waals surface area (Å²) < 4.78 is 0. The van der Waals surface area contributed by atoms with E-state index in [1.165, 1.54) is 18.2 Å². The molecule has 0 spiro atoms. The van der Waals surface area contributed by atoms with Crippen LogP contribution < -0.4 is 5.73 Å². The van der Waals surface area contributed by atoms with Crippen molar-refractivity contribution in [2.75, 3.05) is 0 Å². The molecule has 2 aromatic rings. The lowest BCUT2D eigenvalue weighted by Gasteiger charge is -2.11. The van der Waals surface area contributed by atoms with Gasteiger partial charge in [-0.05, 0) is 18.2 Å². The Kier molecular flexibility index (Phi) is 4.55. The van der Waals surface area contributed by atoms with Crippen molar-refractivity contribution in [2.24, 2.45) is 5.73 Å². The van der Waals surface area contributed by atoms with E-state index < -0.39 is 17.6 Å². The summed E-state index contributed by atoms with van der Waals surface area (Å²) in [4.78, 5) is 24.3. The maximum Gasteiger partial charge on any atom is 0.188 e. The van der Waals surface area contributed by atoms with Crippen LogP contribution in [0.1, 0.15) is 20.7 Å². The zero-order chi connectivity index (χ0) is 14.7. The van der Waals surface area contributed by atoms with Gasteiger partial charge in [0.1, 0.15) is 6.04 Å². The summed E-state index contributed by atoms with van der Waals surface area (Å²) >= 11 is 11.7. The largest absolute Gasteiger partial charge is 0.315 e. The molecule has 0 heterocycles. The molecule has 20 heavy (non-hydrogen) atoms. The van der Waals surface area contributed by atoms with Crippen molar-refractivity contribution in [3.05, 3.63) is 69.7 Å². The van der Waals surface area contributed by atoms with Gasteiger partial charge in [-0.2, -0.15) is 0 Å². The summed E-state index contributed by atoms with van der Waals surface area (Å²) in [6, 6.07) is 11.6. The first-order valence-electron chi connectivity index (χ1n) is 5.85. The van der Waals surface area contributed by atoms with E-state index in [1.54, 1.807) is 30.3 Å². The average Bonchev–Trinajstić information content (AvgIpc) is 2.46. The van der Waals surface area contributed by atoms with Gasteiger partial charge in [0.2, 0.25) is 0 Å². The predicted molar refractivity (Wildman–Crippen MR) is 79.5 cm³/mol. The highest BCUT2D eigenvalue weighted by molar-refractivity contribution is 6.37. The van der Waals surface area contributed by atoms with E-state index in [4.69, 9.17) is 28.9 Å². The molecule has 2 rings (SSSR count). The summed E-state index contributed by atoms with van der Waals surface area (Å²) in [6.45, 7) is 0. The minimum atomic E-state index is -1.28. The van der Waals surface area contributed by atoms with Gasteiger partial charge in [0.05, 0.1) is 5.02 Å². The van der Waals surface area contributed by atoms with Crippen molar-refractivity contribution in [1.82, 2.24) is 0 Å². The van der Waals surface area contributed by atoms with Crippen LogP contribution in [-0.4, -0.2) is 17.6 Å². The number of Topliss-reactive ketones (excluding diaryl/α,β-unsaturated/α-hetero) is 2. The molecule has 0 bridgehead atoms. The molecule has 0 aromatic heterocycles. The van der Waals surface area contributed by atoms with Crippen LogP contribution in [0.3, 0.4) is 0 Å². The fraction of sp³-hybridized carbons (Fsp3) is 0.0667. The highest BCUT2D eigenvalue weighted by Crippen LogP contribution is 2.22. The van der Waals surface area contributed by atoms with Gasteiger partial charge in [-0.25, -0.2) is 0 Å². The molecule has 0 aliphatic rings. The van der Waals surface area contributed by atoms with Crippen LogP contribution >= 0.6 is 23.2 Å². The van der Waals surface area contributed by atoms with Crippen molar-refractivity contribution in [2.45, 2.75) is 6.04 Å². The number of ketones is 2. The summed E-state index contributed by atoms with van der Waals surface area (Å²) in [5.74, 6) is -0.970. The van der Waals surface area contributed by atoms with Gasteiger partial charge in [0, 0.05) is 16.1 Å². The second-order valence-electron chi connectivity index (χ2n) is 4.20. The van der Waals surface area contributed by atoms with Crippen LogP contribution in [0.2, 0.25) is 10.0 Å². The molecule has 5 heteroatoms. The first-order valence-corrected chi connectivity index (χ1v) is 6.60.